The number of nitro benzene ring substituents is 1. The normalized spacial score (nSPS) is 18.7. The van der Waals surface area contributed by atoms with Crippen LogP contribution in [-0.4, -0.2) is 53.2 Å². The van der Waals surface area contributed by atoms with Gasteiger partial charge in [0, 0.05) is 36.3 Å². The number of rotatable bonds is 8. The monoisotopic (exact) mass is 494 g/mol. The molecule has 188 valence electrons. The van der Waals surface area contributed by atoms with Gasteiger partial charge >= 0.3 is 5.97 Å². The van der Waals surface area contributed by atoms with Crippen LogP contribution in [-0.2, 0) is 19.8 Å². The fraction of sp³-hybridized carbons (Fsp3) is 0.320. The molecule has 0 saturated carbocycles. The number of carbonyl (C=O) groups excluding carboxylic acids is 2. The van der Waals surface area contributed by atoms with Gasteiger partial charge in [-0.25, -0.2) is 0 Å². The molecule has 1 atom stereocenters. The first kappa shape index (κ1) is 24.7. The number of anilines is 1. The molecule has 36 heavy (non-hydrogen) atoms. The molecule has 11 nitrogen and oxygen atoms in total. The number of aliphatic carboxylic acids is 1. The third-order valence-corrected chi connectivity index (χ3v) is 6.57. The Bertz CT molecular complexity index is 1270. The number of para-hydroxylation sites is 1. The molecule has 0 aliphatic carbocycles. The largest absolute Gasteiger partial charge is 0.480 e. The molecule has 2 aliphatic heterocycles. The summed E-state index contributed by atoms with van der Waals surface area (Å²) in [7, 11) is 0. The number of ether oxygens (including phenoxy) is 1. The molecule has 11 heteroatoms. The number of carboxylic acids is 1. The van der Waals surface area contributed by atoms with Crippen LogP contribution in [0.4, 0.5) is 11.4 Å². The summed E-state index contributed by atoms with van der Waals surface area (Å²) in [5, 5.41) is 24.5. The highest BCUT2D eigenvalue weighted by atomic mass is 16.6. The van der Waals surface area contributed by atoms with E-state index in [4.69, 9.17) is 9.84 Å². The minimum atomic E-state index is -1.17. The van der Waals surface area contributed by atoms with Crippen LogP contribution in [0.1, 0.15) is 31.4 Å². The summed E-state index contributed by atoms with van der Waals surface area (Å²) in [6, 6.07) is 12.2. The third-order valence-electron chi connectivity index (χ3n) is 6.57. The van der Waals surface area contributed by atoms with Crippen molar-refractivity contribution in [3.8, 4) is 5.75 Å². The van der Waals surface area contributed by atoms with Crippen LogP contribution in [0.3, 0.4) is 0 Å². The van der Waals surface area contributed by atoms with Gasteiger partial charge in [-0.05, 0) is 43.7 Å². The molecular formula is C25H26N4O7. The van der Waals surface area contributed by atoms with Crippen molar-refractivity contribution in [3.63, 3.8) is 0 Å². The zero-order valence-electron chi connectivity index (χ0n) is 19.8. The van der Waals surface area contributed by atoms with Gasteiger partial charge in [0.2, 0.25) is 17.5 Å². The molecule has 4 rings (SSSR count). The topological polar surface area (TPSA) is 151 Å². The first-order valence-corrected chi connectivity index (χ1v) is 11.3. The second kappa shape index (κ2) is 9.33. The lowest BCUT2D eigenvalue weighted by Crippen LogP contribution is -2.60. The Balaban J connectivity index is 1.56. The number of benzene rings is 2. The van der Waals surface area contributed by atoms with Crippen LogP contribution in [0, 0.1) is 10.1 Å². The average molecular weight is 495 g/mol. The van der Waals surface area contributed by atoms with Gasteiger partial charge in [-0.15, -0.1) is 0 Å². The predicted molar refractivity (Wildman–Crippen MR) is 131 cm³/mol. The van der Waals surface area contributed by atoms with E-state index >= 15 is 0 Å². The van der Waals surface area contributed by atoms with Gasteiger partial charge in [-0.1, -0.05) is 18.2 Å². The molecule has 2 aromatic rings. The first-order valence-electron chi connectivity index (χ1n) is 11.3. The van der Waals surface area contributed by atoms with E-state index < -0.39 is 34.5 Å². The average Bonchev–Trinajstić information content (AvgIpc) is 3.02. The number of fused-ring (bicyclic) bond motifs is 2. The quantitative estimate of drug-likeness (QED) is 0.373. The van der Waals surface area contributed by atoms with Gasteiger partial charge in [0.05, 0.1) is 16.9 Å². The van der Waals surface area contributed by atoms with Gasteiger partial charge in [-0.2, -0.15) is 0 Å². The highest BCUT2D eigenvalue weighted by molar-refractivity contribution is 5.87. The number of nitro groups is 1. The van der Waals surface area contributed by atoms with Crippen LogP contribution < -0.4 is 20.3 Å². The van der Waals surface area contributed by atoms with E-state index in [0.717, 1.165) is 11.3 Å². The van der Waals surface area contributed by atoms with Crippen molar-refractivity contribution >= 4 is 35.2 Å². The van der Waals surface area contributed by atoms with Gasteiger partial charge in [-0.3, -0.25) is 24.5 Å². The third kappa shape index (κ3) is 4.35. The molecule has 0 radical (unpaired) electrons. The number of nitrogens with zero attached hydrogens (tertiary/aromatic N) is 2. The summed E-state index contributed by atoms with van der Waals surface area (Å²) in [4.78, 5) is 47.5. The van der Waals surface area contributed by atoms with Crippen LogP contribution in [0.25, 0.3) is 6.08 Å². The second-order valence-corrected chi connectivity index (χ2v) is 9.10. The molecule has 2 heterocycles. The number of non-ortho nitro benzene ring substituents is 1. The summed E-state index contributed by atoms with van der Waals surface area (Å²) in [5.74, 6) is -1.66. The van der Waals surface area contributed by atoms with Crippen molar-refractivity contribution < 1.29 is 29.2 Å². The summed E-state index contributed by atoms with van der Waals surface area (Å²) in [5.41, 5.74) is 0.920. The standard InChI is InChI=1S/C25H26N4O7/c1-24(2)18-5-3-4-6-19(18)28(12-10-21(30)26-14-22(31)27-15-23(32)33)25(24)11-9-16-13-17(29(34)35)7-8-20(16)36-25/h3-9,11,13H,10,12,14-15H2,1-2H3,(H,26,30)(H,27,31)(H,32,33). The number of hydrogen-bond donors (Lipinski definition) is 3. The van der Waals surface area contributed by atoms with Crippen molar-refractivity contribution in [1.29, 1.82) is 0 Å². The summed E-state index contributed by atoms with van der Waals surface area (Å²) in [6.45, 7) is 3.49. The van der Waals surface area contributed by atoms with Crippen molar-refractivity contribution in [2.75, 3.05) is 24.5 Å². The Labute approximate surface area is 206 Å². The molecule has 0 aromatic heterocycles. The van der Waals surface area contributed by atoms with Gasteiger partial charge in [0.15, 0.2) is 0 Å². The Morgan fingerprint density at radius 1 is 1.08 bits per heavy atom. The fourth-order valence-electron chi connectivity index (χ4n) is 4.71. The number of carbonyl (C=O) groups is 3. The summed E-state index contributed by atoms with van der Waals surface area (Å²) in [6.07, 6.45) is 3.72. The van der Waals surface area contributed by atoms with E-state index in [9.17, 15) is 24.5 Å². The Morgan fingerprint density at radius 2 is 1.81 bits per heavy atom. The molecule has 0 fully saturated rings. The van der Waals surface area contributed by atoms with E-state index in [2.05, 4.69) is 10.6 Å². The Kier molecular flexibility index (Phi) is 6.40. The molecule has 0 saturated heterocycles. The molecule has 0 bridgehead atoms. The molecular weight excluding hydrogens is 468 g/mol. The maximum Gasteiger partial charge on any atom is 0.322 e. The van der Waals surface area contributed by atoms with E-state index in [1.165, 1.54) is 12.1 Å². The summed E-state index contributed by atoms with van der Waals surface area (Å²) >= 11 is 0. The van der Waals surface area contributed by atoms with Crippen molar-refractivity contribution in [2.45, 2.75) is 31.4 Å². The van der Waals surface area contributed by atoms with Gasteiger partial charge < -0.3 is 25.4 Å². The van der Waals surface area contributed by atoms with Crippen LogP contribution in [0.5, 0.6) is 5.75 Å². The number of carboxylic acid groups (broad SMARTS) is 1. The molecule has 2 aromatic carbocycles. The lowest BCUT2D eigenvalue weighted by Gasteiger charge is -2.47. The lowest BCUT2D eigenvalue weighted by molar-refractivity contribution is -0.384. The van der Waals surface area contributed by atoms with E-state index in [1.807, 2.05) is 49.1 Å². The Hall–Kier alpha value is -4.41. The maximum absolute atomic E-state index is 12.5. The van der Waals surface area contributed by atoms with Crippen molar-refractivity contribution in [3.05, 3.63) is 69.8 Å². The highest BCUT2D eigenvalue weighted by Gasteiger charge is 2.58. The van der Waals surface area contributed by atoms with Gasteiger partial charge in [0.25, 0.3) is 5.69 Å². The molecule has 3 N–H and O–H groups in total. The smallest absolute Gasteiger partial charge is 0.322 e. The molecule has 1 unspecified atom stereocenters. The highest BCUT2D eigenvalue weighted by Crippen LogP contribution is 2.55. The lowest BCUT2D eigenvalue weighted by atomic mass is 9.76. The fourth-order valence-corrected chi connectivity index (χ4v) is 4.71. The summed E-state index contributed by atoms with van der Waals surface area (Å²) < 4.78 is 6.58. The minimum Gasteiger partial charge on any atom is -0.480 e. The van der Waals surface area contributed by atoms with E-state index in [1.54, 1.807) is 12.1 Å². The number of hydrogen-bond acceptors (Lipinski definition) is 7. The predicted octanol–water partition coefficient (Wildman–Crippen LogP) is 2.20. The van der Waals surface area contributed by atoms with E-state index in [-0.39, 0.29) is 31.1 Å². The van der Waals surface area contributed by atoms with Gasteiger partial charge in [0.1, 0.15) is 12.3 Å². The van der Waals surface area contributed by atoms with Crippen LogP contribution >= 0.6 is 0 Å². The van der Waals surface area contributed by atoms with Crippen LogP contribution in [0.2, 0.25) is 0 Å². The first-order chi connectivity index (χ1) is 17.0. The minimum absolute atomic E-state index is 0.0344. The molecule has 2 aliphatic rings. The molecule has 1 spiro atoms. The SMILES string of the molecule is CC1(C)c2ccccc2N(CCC(=O)NCC(=O)NCC(=O)O)C12C=Cc1cc([N+](=O)[O-])ccc1O2. The maximum atomic E-state index is 12.5. The zero-order valence-corrected chi connectivity index (χ0v) is 19.8. The zero-order chi connectivity index (χ0) is 26.1. The Morgan fingerprint density at radius 3 is 2.53 bits per heavy atom. The van der Waals surface area contributed by atoms with Crippen molar-refractivity contribution in [2.24, 2.45) is 0 Å². The number of nitrogens with one attached hydrogen (secondary N) is 2. The van der Waals surface area contributed by atoms with E-state index in [0.29, 0.717) is 11.3 Å². The van der Waals surface area contributed by atoms with Crippen molar-refractivity contribution in [1.82, 2.24) is 10.6 Å². The van der Waals surface area contributed by atoms with Crippen LogP contribution in [0.15, 0.2) is 48.5 Å². The number of amides is 2. The molecule has 2 amide bonds. The second-order valence-electron chi connectivity index (χ2n) is 9.10.